The summed E-state index contributed by atoms with van der Waals surface area (Å²) in [6.07, 6.45) is 1.68. The van der Waals surface area contributed by atoms with Gasteiger partial charge >= 0.3 is 0 Å². The number of fused-ring (bicyclic) bond motifs is 1. The number of nitrogens with zero attached hydrogens (tertiary/aromatic N) is 1. The van der Waals surface area contributed by atoms with E-state index >= 15 is 0 Å². The van der Waals surface area contributed by atoms with Gasteiger partial charge in [-0.1, -0.05) is 30.3 Å². The van der Waals surface area contributed by atoms with E-state index in [1.165, 1.54) is 0 Å². The molecule has 6 heteroatoms. The van der Waals surface area contributed by atoms with Crippen molar-refractivity contribution in [1.82, 2.24) is 4.98 Å². The molecule has 4 aromatic rings. The summed E-state index contributed by atoms with van der Waals surface area (Å²) in [5.41, 5.74) is 2.68. The standard InChI is InChI=1S/C24H19N3O3/c1-30-20-11-4-10-19(15-20)26-23(28)17-7-2-8-18(14-17)24(29)27-21-12-3-6-16-9-5-13-25-22(16)21/h2-15H,1H3,(H,26,28)(H,27,29). The van der Waals surface area contributed by atoms with E-state index in [0.29, 0.717) is 33.8 Å². The Hall–Kier alpha value is -4.19. The predicted octanol–water partition coefficient (Wildman–Crippen LogP) is 4.75. The highest BCUT2D eigenvalue weighted by Crippen LogP contribution is 2.22. The molecule has 0 saturated heterocycles. The predicted molar refractivity (Wildman–Crippen MR) is 117 cm³/mol. The van der Waals surface area contributed by atoms with Crippen LogP contribution in [0.25, 0.3) is 10.9 Å². The van der Waals surface area contributed by atoms with E-state index in [9.17, 15) is 9.59 Å². The number of amides is 2. The van der Waals surface area contributed by atoms with Crippen LogP contribution in [0.15, 0.2) is 85.1 Å². The third-order valence-electron chi connectivity index (χ3n) is 4.60. The molecule has 30 heavy (non-hydrogen) atoms. The molecule has 0 atom stereocenters. The van der Waals surface area contributed by atoms with Gasteiger partial charge in [0, 0.05) is 34.5 Å². The number of para-hydroxylation sites is 1. The van der Waals surface area contributed by atoms with Crippen LogP contribution < -0.4 is 15.4 Å². The summed E-state index contributed by atoms with van der Waals surface area (Å²) in [4.78, 5) is 29.8. The Labute approximate surface area is 173 Å². The van der Waals surface area contributed by atoms with E-state index in [0.717, 1.165) is 5.39 Å². The Morgan fingerprint density at radius 2 is 1.50 bits per heavy atom. The molecule has 2 amide bonds. The third kappa shape index (κ3) is 4.12. The number of ether oxygens (including phenoxy) is 1. The van der Waals surface area contributed by atoms with Crippen LogP contribution in [-0.4, -0.2) is 23.9 Å². The fourth-order valence-corrected chi connectivity index (χ4v) is 3.11. The Morgan fingerprint density at radius 1 is 0.800 bits per heavy atom. The van der Waals surface area contributed by atoms with Gasteiger partial charge in [0.25, 0.3) is 11.8 Å². The molecule has 0 aliphatic rings. The Kier molecular flexibility index (Phi) is 5.39. The van der Waals surface area contributed by atoms with Gasteiger partial charge in [0.2, 0.25) is 0 Å². The quantitative estimate of drug-likeness (QED) is 0.509. The van der Waals surface area contributed by atoms with Gasteiger partial charge in [-0.2, -0.15) is 0 Å². The van der Waals surface area contributed by atoms with Crippen LogP contribution in [-0.2, 0) is 0 Å². The molecule has 6 nitrogen and oxygen atoms in total. The lowest BCUT2D eigenvalue weighted by Crippen LogP contribution is -2.15. The van der Waals surface area contributed by atoms with Crippen molar-refractivity contribution in [3.05, 3.63) is 96.2 Å². The molecule has 1 heterocycles. The number of methoxy groups -OCH3 is 1. The van der Waals surface area contributed by atoms with Crippen LogP contribution in [0.4, 0.5) is 11.4 Å². The van der Waals surface area contributed by atoms with Crippen molar-refractivity contribution in [2.45, 2.75) is 0 Å². The Balaban J connectivity index is 1.53. The normalized spacial score (nSPS) is 10.4. The maximum absolute atomic E-state index is 12.8. The summed E-state index contributed by atoms with van der Waals surface area (Å²) in [5.74, 6) is 0.0125. The first-order chi connectivity index (χ1) is 14.6. The summed E-state index contributed by atoms with van der Waals surface area (Å²) < 4.78 is 5.17. The molecule has 0 fully saturated rings. The van der Waals surface area contributed by atoms with Gasteiger partial charge in [-0.3, -0.25) is 14.6 Å². The zero-order valence-electron chi connectivity index (χ0n) is 16.3. The molecule has 2 N–H and O–H groups in total. The van der Waals surface area contributed by atoms with Gasteiger partial charge in [-0.15, -0.1) is 0 Å². The number of nitrogens with one attached hydrogen (secondary N) is 2. The van der Waals surface area contributed by atoms with Gasteiger partial charge < -0.3 is 15.4 Å². The second-order valence-corrected chi connectivity index (χ2v) is 6.60. The van der Waals surface area contributed by atoms with Crippen molar-refractivity contribution >= 4 is 34.1 Å². The molecular weight excluding hydrogens is 378 g/mol. The minimum absolute atomic E-state index is 0.315. The van der Waals surface area contributed by atoms with Crippen LogP contribution in [0.3, 0.4) is 0 Å². The van der Waals surface area contributed by atoms with E-state index in [1.807, 2.05) is 24.3 Å². The van der Waals surface area contributed by atoms with Crippen LogP contribution in [0.1, 0.15) is 20.7 Å². The maximum Gasteiger partial charge on any atom is 0.255 e. The summed E-state index contributed by atoms with van der Waals surface area (Å²) in [7, 11) is 1.56. The fraction of sp³-hybridized carbons (Fsp3) is 0.0417. The molecule has 0 spiro atoms. The van der Waals surface area contributed by atoms with Gasteiger partial charge in [0.05, 0.1) is 18.3 Å². The lowest BCUT2D eigenvalue weighted by molar-refractivity contribution is 0.102. The average Bonchev–Trinajstić information content (AvgIpc) is 2.79. The first kappa shape index (κ1) is 19.1. The highest BCUT2D eigenvalue weighted by molar-refractivity contribution is 6.10. The highest BCUT2D eigenvalue weighted by Gasteiger charge is 2.13. The number of pyridine rings is 1. The zero-order valence-corrected chi connectivity index (χ0v) is 16.3. The van der Waals surface area contributed by atoms with Crippen molar-refractivity contribution < 1.29 is 14.3 Å². The summed E-state index contributed by atoms with van der Waals surface area (Å²) in [6, 6.07) is 23.0. The second kappa shape index (κ2) is 8.45. The van der Waals surface area contributed by atoms with Crippen LogP contribution in [0.5, 0.6) is 5.75 Å². The number of anilines is 2. The number of rotatable bonds is 5. The topological polar surface area (TPSA) is 80.3 Å². The van der Waals surface area contributed by atoms with E-state index in [4.69, 9.17) is 4.74 Å². The van der Waals surface area contributed by atoms with Gasteiger partial charge in [-0.25, -0.2) is 0 Å². The summed E-state index contributed by atoms with van der Waals surface area (Å²) >= 11 is 0. The molecule has 1 aromatic heterocycles. The second-order valence-electron chi connectivity index (χ2n) is 6.60. The van der Waals surface area contributed by atoms with Crippen molar-refractivity contribution in [3.8, 4) is 5.75 Å². The van der Waals surface area contributed by atoms with Crippen LogP contribution >= 0.6 is 0 Å². The van der Waals surface area contributed by atoms with E-state index < -0.39 is 0 Å². The molecule has 0 saturated carbocycles. The molecular formula is C24H19N3O3. The molecule has 0 aliphatic carbocycles. The maximum atomic E-state index is 12.8. The van der Waals surface area contributed by atoms with Crippen molar-refractivity contribution in [2.75, 3.05) is 17.7 Å². The van der Waals surface area contributed by atoms with E-state index in [2.05, 4.69) is 15.6 Å². The van der Waals surface area contributed by atoms with Crippen LogP contribution in [0, 0.1) is 0 Å². The molecule has 0 aliphatic heterocycles. The SMILES string of the molecule is COc1cccc(NC(=O)c2cccc(C(=O)Nc3cccc4cccnc34)c2)c1. The van der Waals surface area contributed by atoms with Gasteiger partial charge in [0.1, 0.15) is 5.75 Å². The minimum Gasteiger partial charge on any atom is -0.497 e. The number of carbonyl (C=O) groups excluding carboxylic acids is 2. The lowest BCUT2D eigenvalue weighted by Gasteiger charge is -2.10. The van der Waals surface area contributed by atoms with Crippen molar-refractivity contribution in [3.63, 3.8) is 0 Å². The Morgan fingerprint density at radius 3 is 2.30 bits per heavy atom. The number of hydrogen-bond acceptors (Lipinski definition) is 4. The third-order valence-corrected chi connectivity index (χ3v) is 4.60. The first-order valence-corrected chi connectivity index (χ1v) is 9.34. The monoisotopic (exact) mass is 397 g/mol. The molecule has 0 radical (unpaired) electrons. The zero-order chi connectivity index (χ0) is 20.9. The molecule has 0 bridgehead atoms. The lowest BCUT2D eigenvalue weighted by atomic mass is 10.1. The summed E-state index contributed by atoms with van der Waals surface area (Å²) in [6.45, 7) is 0. The summed E-state index contributed by atoms with van der Waals surface area (Å²) in [5, 5.41) is 6.63. The number of benzene rings is 3. The molecule has 3 aromatic carbocycles. The average molecular weight is 397 g/mol. The number of aromatic nitrogens is 1. The number of hydrogen-bond donors (Lipinski definition) is 2. The smallest absolute Gasteiger partial charge is 0.255 e. The first-order valence-electron chi connectivity index (χ1n) is 9.34. The molecule has 0 unspecified atom stereocenters. The van der Waals surface area contributed by atoms with Crippen molar-refractivity contribution in [2.24, 2.45) is 0 Å². The van der Waals surface area contributed by atoms with E-state index in [-0.39, 0.29) is 11.8 Å². The molecule has 4 rings (SSSR count). The van der Waals surface area contributed by atoms with Gasteiger partial charge in [-0.05, 0) is 42.5 Å². The number of carbonyl (C=O) groups is 2. The van der Waals surface area contributed by atoms with Gasteiger partial charge in [0.15, 0.2) is 0 Å². The minimum atomic E-state index is -0.316. The Bertz CT molecular complexity index is 1230. The largest absolute Gasteiger partial charge is 0.497 e. The highest BCUT2D eigenvalue weighted by atomic mass is 16.5. The molecule has 148 valence electrons. The fourth-order valence-electron chi connectivity index (χ4n) is 3.11. The van der Waals surface area contributed by atoms with Crippen molar-refractivity contribution in [1.29, 1.82) is 0 Å². The van der Waals surface area contributed by atoms with Crippen LogP contribution in [0.2, 0.25) is 0 Å². The van der Waals surface area contributed by atoms with E-state index in [1.54, 1.807) is 67.9 Å².